The normalized spacial score (nSPS) is 11.7. The van der Waals surface area contributed by atoms with Crippen molar-refractivity contribution in [3.05, 3.63) is 65.5 Å². The summed E-state index contributed by atoms with van der Waals surface area (Å²) in [7, 11) is 6.92. The molecule has 0 saturated carbocycles. The molecule has 14 nitrogen and oxygen atoms in total. The van der Waals surface area contributed by atoms with Gasteiger partial charge < -0.3 is 47.2 Å². The molecule has 0 radical (unpaired) electrons. The maximum absolute atomic E-state index is 13.1. The molecule has 0 fully saturated rings. The van der Waals surface area contributed by atoms with E-state index in [0.717, 1.165) is 22.7 Å². The van der Waals surface area contributed by atoms with E-state index in [4.69, 9.17) is 0 Å². The zero-order valence-corrected chi connectivity index (χ0v) is 25.3. The molecule has 2 heterocycles. The number of hydrogen-bond acceptors (Lipinski definition) is 5. The minimum atomic E-state index is -0.329. The zero-order chi connectivity index (χ0) is 31.5. The second-order valence-electron chi connectivity index (χ2n) is 9.79. The lowest BCUT2D eigenvalue weighted by atomic mass is 10.1. The SMILES string of the molecule is C/N=C(/NC)NCCCNC(=O)c1ccc2[nH]c(C(=O)Nc3ccc4cc(C(=O)NCCN/C(=N\C)NC)[nH]c4c3)cc2c1. The zero-order valence-electron chi connectivity index (χ0n) is 25.3. The summed E-state index contributed by atoms with van der Waals surface area (Å²) >= 11 is 0. The smallest absolute Gasteiger partial charge is 0.272 e. The number of aromatic nitrogens is 2. The van der Waals surface area contributed by atoms with Crippen LogP contribution in [0.25, 0.3) is 21.8 Å². The van der Waals surface area contributed by atoms with Gasteiger partial charge in [-0.25, -0.2) is 0 Å². The van der Waals surface area contributed by atoms with Crippen LogP contribution in [0.2, 0.25) is 0 Å². The first kappa shape index (κ1) is 31.4. The van der Waals surface area contributed by atoms with Gasteiger partial charge in [-0.1, -0.05) is 6.07 Å². The van der Waals surface area contributed by atoms with Crippen molar-refractivity contribution in [3.8, 4) is 0 Å². The number of aromatic amines is 2. The molecule has 0 atom stereocenters. The third-order valence-corrected chi connectivity index (χ3v) is 6.81. The van der Waals surface area contributed by atoms with Crippen molar-refractivity contribution in [1.82, 2.24) is 41.9 Å². The van der Waals surface area contributed by atoms with Gasteiger partial charge in [0.05, 0.1) is 0 Å². The van der Waals surface area contributed by atoms with Crippen LogP contribution in [-0.2, 0) is 0 Å². The highest BCUT2D eigenvalue weighted by molar-refractivity contribution is 6.08. The van der Waals surface area contributed by atoms with Crippen molar-refractivity contribution >= 4 is 57.1 Å². The molecule has 14 heteroatoms. The Morgan fingerprint density at radius 3 is 1.98 bits per heavy atom. The largest absolute Gasteiger partial charge is 0.359 e. The molecule has 0 unspecified atom stereocenters. The Morgan fingerprint density at radius 2 is 1.25 bits per heavy atom. The number of guanidine groups is 2. The summed E-state index contributed by atoms with van der Waals surface area (Å²) < 4.78 is 0. The highest BCUT2D eigenvalue weighted by Gasteiger charge is 2.14. The Hall–Kier alpha value is -5.53. The number of fused-ring (bicyclic) bond motifs is 2. The Morgan fingerprint density at radius 1 is 0.636 bits per heavy atom. The van der Waals surface area contributed by atoms with E-state index in [1.54, 1.807) is 70.7 Å². The van der Waals surface area contributed by atoms with Crippen molar-refractivity contribution in [2.75, 3.05) is 59.7 Å². The number of nitrogens with one attached hydrogen (secondary N) is 9. The topological polar surface area (TPSA) is 192 Å². The molecule has 0 bridgehead atoms. The van der Waals surface area contributed by atoms with E-state index in [9.17, 15) is 14.4 Å². The summed E-state index contributed by atoms with van der Waals surface area (Å²) in [5.41, 5.74) is 3.31. The molecular weight excluding hydrogens is 562 g/mol. The van der Waals surface area contributed by atoms with Gasteiger partial charge >= 0.3 is 0 Å². The molecular formula is C30H39N11O3. The fraction of sp³-hybridized carbons (Fsp3) is 0.300. The van der Waals surface area contributed by atoms with Crippen LogP contribution in [0.3, 0.4) is 0 Å². The maximum Gasteiger partial charge on any atom is 0.272 e. The standard InChI is InChI=1S/C30H39N11O3/c1-31-29(32-2)37-11-5-10-35-26(42)19-7-9-22-20(14-19)16-25(40-22)28(44)39-21-8-6-18-15-24(41-23(18)17-21)27(43)36-12-13-38-30(33-3)34-4/h6-9,14-17,40-41H,5,10-13H2,1-4H3,(H,35,42)(H,36,43)(H,39,44)(H2,31,32,37)(H2,33,34,38). The van der Waals surface area contributed by atoms with Gasteiger partial charge in [-0.2, -0.15) is 0 Å². The average Bonchev–Trinajstić information content (AvgIpc) is 3.67. The highest BCUT2D eigenvalue weighted by Crippen LogP contribution is 2.22. The summed E-state index contributed by atoms with van der Waals surface area (Å²) in [5.74, 6) is 0.585. The van der Waals surface area contributed by atoms with Crippen LogP contribution < -0.4 is 37.2 Å². The van der Waals surface area contributed by atoms with Crippen molar-refractivity contribution < 1.29 is 14.4 Å². The maximum atomic E-state index is 13.1. The molecule has 2 aromatic carbocycles. The van der Waals surface area contributed by atoms with Crippen LogP contribution in [0, 0.1) is 0 Å². The van der Waals surface area contributed by atoms with Crippen molar-refractivity contribution in [2.24, 2.45) is 9.98 Å². The molecule has 0 aliphatic heterocycles. The third-order valence-electron chi connectivity index (χ3n) is 6.81. The van der Waals surface area contributed by atoms with Gasteiger partial charge in [0.25, 0.3) is 17.7 Å². The summed E-state index contributed by atoms with van der Waals surface area (Å²) in [6.45, 7) is 2.11. The van der Waals surface area contributed by atoms with Gasteiger partial charge in [-0.3, -0.25) is 24.4 Å². The molecule has 4 rings (SSSR count). The lowest BCUT2D eigenvalue weighted by molar-refractivity contribution is 0.0943. The minimum absolute atomic E-state index is 0.185. The number of benzene rings is 2. The van der Waals surface area contributed by atoms with E-state index in [1.165, 1.54) is 0 Å². The van der Waals surface area contributed by atoms with E-state index >= 15 is 0 Å². The van der Waals surface area contributed by atoms with E-state index < -0.39 is 0 Å². The lowest BCUT2D eigenvalue weighted by Crippen LogP contribution is -2.40. The molecule has 2 aromatic heterocycles. The van der Waals surface area contributed by atoms with Gasteiger partial charge in [0.2, 0.25) is 0 Å². The summed E-state index contributed by atoms with van der Waals surface area (Å²) in [5, 5.41) is 22.3. The van der Waals surface area contributed by atoms with Gasteiger partial charge in [0, 0.05) is 87.4 Å². The van der Waals surface area contributed by atoms with E-state index in [2.05, 4.69) is 57.2 Å². The van der Waals surface area contributed by atoms with Crippen LogP contribution in [-0.4, -0.2) is 94.0 Å². The first-order valence-corrected chi connectivity index (χ1v) is 14.2. The second-order valence-corrected chi connectivity index (χ2v) is 9.79. The predicted octanol–water partition coefficient (Wildman–Crippen LogP) is 1.34. The van der Waals surface area contributed by atoms with Gasteiger partial charge in [0.1, 0.15) is 11.4 Å². The summed E-state index contributed by atoms with van der Waals surface area (Å²) in [6, 6.07) is 14.1. The van der Waals surface area contributed by atoms with E-state index in [1.807, 2.05) is 6.07 Å². The number of carbonyl (C=O) groups is 3. The Bertz CT molecular complexity index is 1690. The number of carbonyl (C=O) groups excluding carboxylic acids is 3. The quantitative estimate of drug-likeness (QED) is 0.0704. The average molecular weight is 602 g/mol. The van der Waals surface area contributed by atoms with Crippen LogP contribution in [0.15, 0.2) is 58.5 Å². The Balaban J connectivity index is 1.32. The fourth-order valence-electron chi connectivity index (χ4n) is 4.53. The number of rotatable bonds is 11. The van der Waals surface area contributed by atoms with Gasteiger partial charge in [-0.05, 0) is 48.9 Å². The Labute approximate surface area is 255 Å². The number of amides is 3. The molecule has 9 N–H and O–H groups in total. The monoisotopic (exact) mass is 601 g/mol. The number of nitrogens with zero attached hydrogens (tertiary/aromatic N) is 2. The first-order chi connectivity index (χ1) is 21.3. The molecule has 0 aliphatic rings. The van der Waals surface area contributed by atoms with E-state index in [-0.39, 0.29) is 17.7 Å². The fourth-order valence-corrected chi connectivity index (χ4v) is 4.53. The molecule has 0 saturated heterocycles. The van der Waals surface area contributed by atoms with Crippen LogP contribution in [0.4, 0.5) is 5.69 Å². The van der Waals surface area contributed by atoms with Gasteiger partial charge in [0.15, 0.2) is 11.9 Å². The molecule has 3 amide bonds. The van der Waals surface area contributed by atoms with Crippen LogP contribution >= 0.6 is 0 Å². The van der Waals surface area contributed by atoms with Crippen LogP contribution in [0.1, 0.15) is 37.8 Å². The van der Waals surface area contributed by atoms with Crippen LogP contribution in [0.5, 0.6) is 0 Å². The predicted molar refractivity (Wildman–Crippen MR) is 175 cm³/mol. The number of anilines is 1. The molecule has 0 spiro atoms. The van der Waals surface area contributed by atoms with Crippen molar-refractivity contribution in [2.45, 2.75) is 6.42 Å². The number of H-pyrrole nitrogens is 2. The first-order valence-electron chi connectivity index (χ1n) is 14.2. The lowest BCUT2D eigenvalue weighted by Gasteiger charge is -2.09. The molecule has 0 aliphatic carbocycles. The van der Waals surface area contributed by atoms with Crippen molar-refractivity contribution in [3.63, 3.8) is 0 Å². The summed E-state index contributed by atoms with van der Waals surface area (Å²) in [4.78, 5) is 52.6. The number of hydrogen-bond donors (Lipinski definition) is 9. The molecule has 232 valence electrons. The number of aliphatic imine (C=N–C) groups is 2. The molecule has 4 aromatic rings. The Kier molecular flexibility index (Phi) is 10.8. The minimum Gasteiger partial charge on any atom is -0.359 e. The van der Waals surface area contributed by atoms with Crippen molar-refractivity contribution in [1.29, 1.82) is 0 Å². The van der Waals surface area contributed by atoms with E-state index in [0.29, 0.717) is 66.3 Å². The highest BCUT2D eigenvalue weighted by atomic mass is 16.2. The van der Waals surface area contributed by atoms with Gasteiger partial charge in [-0.15, -0.1) is 0 Å². The summed E-state index contributed by atoms with van der Waals surface area (Å²) in [6.07, 6.45) is 0.733. The molecule has 44 heavy (non-hydrogen) atoms. The third kappa shape index (κ3) is 8.06. The second kappa shape index (κ2) is 15.1.